The molecule has 1 atom stereocenters. The summed E-state index contributed by atoms with van der Waals surface area (Å²) in [6.45, 7) is 0. The van der Waals surface area contributed by atoms with E-state index in [0.29, 0.717) is 16.1 Å². The standard InChI is InChI=1S/C23H18F3N3O3S2/c1-33(30)18-11-9-17(10-12-18)29-21(16-7-13-19(14-8-16)34(27,31)32)20(15-5-3-2-4-6-15)22(28-29)23(24,25)26/h2-14H,1H3,(H2,27,31,32). The number of hydrogen-bond acceptors (Lipinski definition) is 4. The van der Waals surface area contributed by atoms with Gasteiger partial charge in [0.1, 0.15) is 0 Å². The summed E-state index contributed by atoms with van der Waals surface area (Å²) in [6.07, 6.45) is -3.27. The van der Waals surface area contributed by atoms with Crippen LogP contribution in [0.2, 0.25) is 0 Å². The molecule has 0 radical (unpaired) electrons. The summed E-state index contributed by atoms with van der Waals surface area (Å²) in [5, 5.41) is 9.09. The molecule has 0 aliphatic rings. The van der Waals surface area contributed by atoms with E-state index in [1.165, 1.54) is 42.7 Å². The monoisotopic (exact) mass is 505 g/mol. The lowest BCUT2D eigenvalue weighted by atomic mass is 9.98. The molecule has 1 unspecified atom stereocenters. The zero-order valence-corrected chi connectivity index (χ0v) is 19.3. The Morgan fingerprint density at radius 1 is 0.882 bits per heavy atom. The number of sulfonamides is 1. The van der Waals surface area contributed by atoms with Crippen LogP contribution < -0.4 is 5.14 Å². The highest BCUT2D eigenvalue weighted by Crippen LogP contribution is 2.43. The first kappa shape index (κ1) is 23.9. The van der Waals surface area contributed by atoms with Gasteiger partial charge >= 0.3 is 6.18 Å². The molecule has 0 aliphatic heterocycles. The molecule has 0 bridgehead atoms. The Hall–Kier alpha value is -3.28. The Morgan fingerprint density at radius 3 is 1.97 bits per heavy atom. The van der Waals surface area contributed by atoms with E-state index in [2.05, 4.69) is 5.10 Å². The Morgan fingerprint density at radius 2 is 1.47 bits per heavy atom. The Labute approximate surface area is 196 Å². The first-order valence-electron chi connectivity index (χ1n) is 9.79. The molecule has 0 aliphatic carbocycles. The van der Waals surface area contributed by atoms with E-state index < -0.39 is 32.7 Å². The zero-order valence-electron chi connectivity index (χ0n) is 17.7. The predicted molar refractivity (Wildman–Crippen MR) is 123 cm³/mol. The number of rotatable bonds is 5. The molecule has 176 valence electrons. The summed E-state index contributed by atoms with van der Waals surface area (Å²) in [7, 11) is -5.26. The third-order valence-electron chi connectivity index (χ3n) is 5.09. The Kier molecular flexibility index (Phi) is 6.19. The zero-order chi connectivity index (χ0) is 24.7. The highest BCUT2D eigenvalue weighted by molar-refractivity contribution is 7.89. The third kappa shape index (κ3) is 4.67. The topological polar surface area (TPSA) is 95.0 Å². The van der Waals surface area contributed by atoms with Crippen LogP contribution in [0.3, 0.4) is 0 Å². The van der Waals surface area contributed by atoms with Crippen LogP contribution in [-0.2, 0) is 27.0 Å². The smallest absolute Gasteiger partial charge is 0.255 e. The summed E-state index contributed by atoms with van der Waals surface area (Å²) < 4.78 is 78.6. The van der Waals surface area contributed by atoms with Crippen LogP contribution in [0.25, 0.3) is 28.1 Å². The lowest BCUT2D eigenvalue weighted by Gasteiger charge is -2.12. The van der Waals surface area contributed by atoms with Gasteiger partial charge in [-0.3, -0.25) is 4.21 Å². The van der Waals surface area contributed by atoms with Crippen molar-refractivity contribution in [2.75, 3.05) is 6.26 Å². The van der Waals surface area contributed by atoms with Gasteiger partial charge in [-0.1, -0.05) is 42.5 Å². The minimum Gasteiger partial charge on any atom is -0.255 e. The van der Waals surface area contributed by atoms with E-state index in [9.17, 15) is 25.8 Å². The number of alkyl halides is 3. The van der Waals surface area contributed by atoms with Crippen molar-refractivity contribution in [1.82, 2.24) is 9.78 Å². The van der Waals surface area contributed by atoms with Gasteiger partial charge in [0.05, 0.1) is 16.3 Å². The van der Waals surface area contributed by atoms with Crippen LogP contribution in [-0.4, -0.2) is 28.7 Å². The SMILES string of the molecule is CS(=O)c1ccc(-n2nc(C(F)(F)F)c(-c3ccccc3)c2-c2ccc(S(N)(=O)=O)cc2)cc1. The summed E-state index contributed by atoms with van der Waals surface area (Å²) >= 11 is 0. The number of primary sulfonamides is 1. The fraction of sp³-hybridized carbons (Fsp3) is 0.0870. The lowest BCUT2D eigenvalue weighted by Crippen LogP contribution is -2.11. The highest BCUT2D eigenvalue weighted by atomic mass is 32.2. The van der Waals surface area contributed by atoms with E-state index in [4.69, 9.17) is 5.14 Å². The molecule has 4 rings (SSSR count). The van der Waals surface area contributed by atoms with Crippen LogP contribution in [0.1, 0.15) is 5.69 Å². The Bertz CT molecular complexity index is 1460. The number of aromatic nitrogens is 2. The van der Waals surface area contributed by atoms with Crippen molar-refractivity contribution in [1.29, 1.82) is 0 Å². The fourth-order valence-electron chi connectivity index (χ4n) is 3.53. The maximum atomic E-state index is 14.1. The van der Waals surface area contributed by atoms with Crippen LogP contribution in [0.4, 0.5) is 13.2 Å². The first-order chi connectivity index (χ1) is 16.0. The lowest BCUT2D eigenvalue weighted by molar-refractivity contribution is -0.140. The summed E-state index contributed by atoms with van der Waals surface area (Å²) in [5.74, 6) is 0. The van der Waals surface area contributed by atoms with Gasteiger partial charge in [-0.05, 0) is 42.0 Å². The van der Waals surface area contributed by atoms with Crippen molar-refractivity contribution >= 4 is 20.8 Å². The molecular weight excluding hydrogens is 487 g/mol. The second-order valence-corrected chi connectivity index (χ2v) is 10.3. The maximum Gasteiger partial charge on any atom is 0.435 e. The quantitative estimate of drug-likeness (QED) is 0.429. The molecule has 2 N–H and O–H groups in total. The summed E-state index contributed by atoms with van der Waals surface area (Å²) in [4.78, 5) is 0.337. The summed E-state index contributed by atoms with van der Waals surface area (Å²) in [5.41, 5.74) is -0.223. The average Bonchev–Trinajstić information content (AvgIpc) is 3.20. The molecule has 0 spiro atoms. The van der Waals surface area contributed by atoms with Crippen molar-refractivity contribution in [3.63, 3.8) is 0 Å². The van der Waals surface area contributed by atoms with Gasteiger partial charge < -0.3 is 0 Å². The minimum atomic E-state index is -4.77. The summed E-state index contributed by atoms with van der Waals surface area (Å²) in [6, 6.07) is 19.4. The van der Waals surface area contributed by atoms with Crippen molar-refractivity contribution < 1.29 is 25.8 Å². The van der Waals surface area contributed by atoms with Crippen molar-refractivity contribution in [2.24, 2.45) is 5.14 Å². The molecule has 0 fully saturated rings. The van der Waals surface area contributed by atoms with E-state index in [0.717, 1.165) is 4.68 Å². The molecule has 0 amide bonds. The number of hydrogen-bond donors (Lipinski definition) is 1. The second-order valence-electron chi connectivity index (χ2n) is 7.37. The molecular formula is C23H18F3N3O3S2. The van der Waals surface area contributed by atoms with Crippen LogP contribution in [0.5, 0.6) is 0 Å². The van der Waals surface area contributed by atoms with E-state index in [1.54, 1.807) is 42.5 Å². The predicted octanol–water partition coefficient (Wildman–Crippen LogP) is 4.61. The molecule has 0 saturated heterocycles. The maximum absolute atomic E-state index is 14.1. The van der Waals surface area contributed by atoms with Gasteiger partial charge in [-0.15, -0.1) is 0 Å². The molecule has 1 aromatic heterocycles. The van der Waals surface area contributed by atoms with Crippen LogP contribution in [0, 0.1) is 0 Å². The van der Waals surface area contributed by atoms with Crippen LogP contribution >= 0.6 is 0 Å². The average molecular weight is 506 g/mol. The van der Waals surface area contributed by atoms with Gasteiger partial charge in [0, 0.05) is 33.1 Å². The van der Waals surface area contributed by atoms with Crippen LogP contribution in [0.15, 0.2) is 88.7 Å². The first-order valence-corrected chi connectivity index (χ1v) is 12.9. The fourth-order valence-corrected chi connectivity index (χ4v) is 4.56. The number of nitrogens with zero attached hydrogens (tertiary/aromatic N) is 2. The van der Waals surface area contributed by atoms with Gasteiger partial charge in [-0.2, -0.15) is 18.3 Å². The minimum absolute atomic E-state index is 0.116. The van der Waals surface area contributed by atoms with E-state index >= 15 is 0 Å². The van der Waals surface area contributed by atoms with Crippen molar-refractivity contribution in [3.05, 3.63) is 84.6 Å². The normalized spacial score (nSPS) is 13.1. The molecule has 11 heteroatoms. The third-order valence-corrected chi connectivity index (χ3v) is 6.95. The molecule has 3 aromatic carbocycles. The van der Waals surface area contributed by atoms with Gasteiger partial charge in [-0.25, -0.2) is 18.2 Å². The second kappa shape index (κ2) is 8.82. The number of nitrogens with two attached hydrogens (primary N) is 1. The highest BCUT2D eigenvalue weighted by Gasteiger charge is 2.40. The van der Waals surface area contributed by atoms with E-state index in [1.807, 2.05) is 0 Å². The van der Waals surface area contributed by atoms with E-state index in [-0.39, 0.29) is 21.7 Å². The van der Waals surface area contributed by atoms with Gasteiger partial charge in [0.2, 0.25) is 10.0 Å². The number of benzene rings is 3. The molecule has 34 heavy (non-hydrogen) atoms. The van der Waals surface area contributed by atoms with Gasteiger partial charge in [0.15, 0.2) is 5.69 Å². The molecule has 6 nitrogen and oxygen atoms in total. The molecule has 1 heterocycles. The van der Waals surface area contributed by atoms with Crippen molar-refractivity contribution in [3.8, 4) is 28.1 Å². The number of halogens is 3. The Balaban J connectivity index is 2.05. The molecule has 4 aromatic rings. The largest absolute Gasteiger partial charge is 0.435 e. The molecule has 0 saturated carbocycles. The van der Waals surface area contributed by atoms with Gasteiger partial charge in [0.25, 0.3) is 0 Å². The van der Waals surface area contributed by atoms with Crippen molar-refractivity contribution in [2.45, 2.75) is 16.0 Å².